The van der Waals surface area contributed by atoms with Crippen molar-refractivity contribution in [1.82, 2.24) is 4.31 Å². The molecule has 0 bridgehead atoms. The van der Waals surface area contributed by atoms with E-state index in [1.807, 2.05) is 0 Å². The minimum atomic E-state index is -3.92. The lowest BCUT2D eigenvalue weighted by atomic mass is 10.2. The van der Waals surface area contributed by atoms with Crippen molar-refractivity contribution < 1.29 is 26.0 Å². The fraction of sp³-hybridized carbons (Fsp3) is 0.600. The largest absolute Gasteiger partial charge is 0.377 e. The highest BCUT2D eigenvalue weighted by Gasteiger charge is 2.40. The molecule has 1 aromatic rings. The van der Waals surface area contributed by atoms with Crippen molar-refractivity contribution >= 4 is 19.9 Å². The number of hydrogen-bond donors (Lipinski definition) is 0. The molecule has 2 aliphatic rings. The number of sulfone groups is 1. The first-order valence-electron chi connectivity index (χ1n) is 7.87. The number of halogens is 1. The minimum absolute atomic E-state index is 0.0152. The third-order valence-electron chi connectivity index (χ3n) is 4.44. The van der Waals surface area contributed by atoms with E-state index in [9.17, 15) is 21.2 Å². The lowest BCUT2D eigenvalue weighted by Crippen LogP contribution is -2.45. The van der Waals surface area contributed by atoms with Crippen LogP contribution in [0, 0.1) is 5.82 Å². The van der Waals surface area contributed by atoms with Crippen molar-refractivity contribution in [2.24, 2.45) is 0 Å². The third kappa shape index (κ3) is 3.79. The number of nitrogens with zero attached hydrogens (tertiary/aromatic N) is 1. The molecule has 0 aliphatic carbocycles. The summed E-state index contributed by atoms with van der Waals surface area (Å²) in [5.74, 6) is -0.721. The second kappa shape index (κ2) is 6.70. The molecule has 0 spiro atoms. The summed E-state index contributed by atoms with van der Waals surface area (Å²) in [5.41, 5.74) is 0. The molecule has 134 valence electrons. The summed E-state index contributed by atoms with van der Waals surface area (Å²) in [5, 5.41) is 0. The van der Waals surface area contributed by atoms with Gasteiger partial charge in [-0.25, -0.2) is 21.2 Å². The minimum Gasteiger partial charge on any atom is -0.377 e. The van der Waals surface area contributed by atoms with Crippen LogP contribution in [0.25, 0.3) is 0 Å². The summed E-state index contributed by atoms with van der Waals surface area (Å²) in [6.07, 6.45) is 1.64. The maximum atomic E-state index is 13.1. The molecule has 0 saturated carbocycles. The fourth-order valence-corrected chi connectivity index (χ4v) is 6.69. The predicted molar refractivity (Wildman–Crippen MR) is 86.3 cm³/mol. The molecule has 24 heavy (non-hydrogen) atoms. The van der Waals surface area contributed by atoms with Crippen LogP contribution >= 0.6 is 0 Å². The van der Waals surface area contributed by atoms with Gasteiger partial charge in [0, 0.05) is 19.2 Å². The zero-order valence-corrected chi connectivity index (χ0v) is 14.7. The second-order valence-corrected chi connectivity index (χ2v) is 10.3. The van der Waals surface area contributed by atoms with Crippen LogP contribution in [0.1, 0.15) is 19.3 Å². The molecule has 0 unspecified atom stereocenters. The van der Waals surface area contributed by atoms with Crippen LogP contribution in [0.3, 0.4) is 0 Å². The summed E-state index contributed by atoms with van der Waals surface area (Å²) < 4.78 is 69.4. The highest BCUT2D eigenvalue weighted by molar-refractivity contribution is 7.92. The monoisotopic (exact) mass is 377 g/mol. The summed E-state index contributed by atoms with van der Waals surface area (Å²) in [6.45, 7) is 0.706. The summed E-state index contributed by atoms with van der Waals surface area (Å²) in [4.78, 5) is -0.0359. The van der Waals surface area contributed by atoms with Gasteiger partial charge in [0.2, 0.25) is 10.0 Å². The van der Waals surface area contributed by atoms with E-state index in [1.54, 1.807) is 0 Å². The summed E-state index contributed by atoms with van der Waals surface area (Å²) in [7, 11) is -7.15. The van der Waals surface area contributed by atoms with Gasteiger partial charge < -0.3 is 4.74 Å². The Morgan fingerprint density at radius 2 is 1.92 bits per heavy atom. The Hall–Kier alpha value is -1.03. The lowest BCUT2D eigenvalue weighted by Gasteiger charge is -2.29. The molecule has 0 radical (unpaired) electrons. The lowest BCUT2D eigenvalue weighted by molar-refractivity contribution is 0.0877. The Morgan fingerprint density at radius 1 is 1.21 bits per heavy atom. The van der Waals surface area contributed by atoms with E-state index >= 15 is 0 Å². The Morgan fingerprint density at radius 3 is 2.46 bits per heavy atom. The van der Waals surface area contributed by atoms with E-state index in [0.29, 0.717) is 6.61 Å². The van der Waals surface area contributed by atoms with E-state index in [-0.39, 0.29) is 35.5 Å². The predicted octanol–water partition coefficient (Wildman–Crippen LogP) is 1.18. The maximum absolute atomic E-state index is 13.1. The number of hydrogen-bond acceptors (Lipinski definition) is 5. The average Bonchev–Trinajstić information content (AvgIpc) is 3.14. The van der Waals surface area contributed by atoms with E-state index in [0.717, 1.165) is 25.0 Å². The van der Waals surface area contributed by atoms with Gasteiger partial charge in [0.15, 0.2) is 9.84 Å². The zero-order chi connectivity index (χ0) is 17.4. The van der Waals surface area contributed by atoms with Crippen LogP contribution in [0.15, 0.2) is 29.2 Å². The zero-order valence-electron chi connectivity index (χ0n) is 13.1. The first-order valence-corrected chi connectivity index (χ1v) is 11.1. The number of rotatable bonds is 5. The Balaban J connectivity index is 1.91. The van der Waals surface area contributed by atoms with Crippen LogP contribution in [0.2, 0.25) is 0 Å². The van der Waals surface area contributed by atoms with Crippen molar-refractivity contribution in [2.75, 3.05) is 24.7 Å². The summed E-state index contributed by atoms with van der Waals surface area (Å²) >= 11 is 0. The molecular formula is C15H20FNO5S2. The van der Waals surface area contributed by atoms with Crippen molar-refractivity contribution in [2.45, 2.75) is 36.3 Å². The van der Waals surface area contributed by atoms with Gasteiger partial charge in [0.25, 0.3) is 0 Å². The number of benzene rings is 1. The maximum Gasteiger partial charge on any atom is 0.243 e. The molecule has 2 aliphatic heterocycles. The molecule has 9 heteroatoms. The van der Waals surface area contributed by atoms with Crippen LogP contribution in [0.4, 0.5) is 4.39 Å². The molecule has 2 heterocycles. The highest BCUT2D eigenvalue weighted by Crippen LogP contribution is 2.27. The van der Waals surface area contributed by atoms with Crippen molar-refractivity contribution in [3.05, 3.63) is 30.1 Å². The van der Waals surface area contributed by atoms with Crippen molar-refractivity contribution in [1.29, 1.82) is 0 Å². The van der Waals surface area contributed by atoms with Crippen LogP contribution in [0.5, 0.6) is 0 Å². The third-order valence-corrected chi connectivity index (χ3v) is 8.13. The SMILES string of the molecule is O=S1(=O)CC[C@H](N(C[C@H]2CCCO2)S(=O)(=O)c2ccc(F)cc2)C1. The first kappa shape index (κ1) is 17.8. The Bertz CT molecular complexity index is 786. The van der Waals surface area contributed by atoms with E-state index < -0.39 is 31.7 Å². The van der Waals surface area contributed by atoms with Gasteiger partial charge in [-0.2, -0.15) is 4.31 Å². The molecule has 1 aromatic carbocycles. The van der Waals surface area contributed by atoms with Crippen LogP contribution < -0.4 is 0 Å². The van der Waals surface area contributed by atoms with E-state index in [4.69, 9.17) is 4.74 Å². The molecule has 2 atom stereocenters. The van der Waals surface area contributed by atoms with Gasteiger partial charge in [0.1, 0.15) is 5.82 Å². The molecule has 3 rings (SSSR count). The Kier molecular flexibility index (Phi) is 4.96. The Labute approximate surface area is 141 Å². The molecule has 0 N–H and O–H groups in total. The van der Waals surface area contributed by atoms with Crippen molar-refractivity contribution in [3.63, 3.8) is 0 Å². The van der Waals surface area contributed by atoms with Gasteiger partial charge >= 0.3 is 0 Å². The van der Waals surface area contributed by atoms with Gasteiger partial charge in [-0.1, -0.05) is 0 Å². The van der Waals surface area contributed by atoms with Gasteiger partial charge in [-0.15, -0.1) is 0 Å². The molecule has 0 amide bonds. The molecule has 2 saturated heterocycles. The van der Waals surface area contributed by atoms with Crippen LogP contribution in [-0.2, 0) is 24.6 Å². The summed E-state index contributed by atoms with van der Waals surface area (Å²) in [6, 6.07) is 3.98. The fourth-order valence-electron chi connectivity index (χ4n) is 3.18. The topological polar surface area (TPSA) is 80.8 Å². The van der Waals surface area contributed by atoms with Crippen LogP contribution in [-0.4, -0.2) is 57.9 Å². The average molecular weight is 377 g/mol. The standard InChI is InChI=1S/C15H20FNO5S2/c16-12-3-5-15(6-4-12)24(20,21)17(10-14-2-1-8-22-14)13-7-9-23(18,19)11-13/h3-6,13-14H,1-2,7-11H2/t13-,14+/m0/s1. The van der Waals surface area contributed by atoms with Gasteiger partial charge in [-0.05, 0) is 43.5 Å². The molecule has 2 fully saturated rings. The normalized spacial score (nSPS) is 26.9. The highest BCUT2D eigenvalue weighted by atomic mass is 32.2. The second-order valence-electron chi connectivity index (χ2n) is 6.22. The van der Waals surface area contributed by atoms with Gasteiger partial charge in [-0.3, -0.25) is 0 Å². The van der Waals surface area contributed by atoms with E-state index in [2.05, 4.69) is 0 Å². The van der Waals surface area contributed by atoms with Gasteiger partial charge in [0.05, 0.1) is 22.5 Å². The molecule has 0 aromatic heterocycles. The quantitative estimate of drug-likeness (QED) is 0.770. The molecular weight excluding hydrogens is 357 g/mol. The number of ether oxygens (including phenoxy) is 1. The first-order chi connectivity index (χ1) is 11.3. The number of sulfonamides is 1. The van der Waals surface area contributed by atoms with Crippen molar-refractivity contribution in [3.8, 4) is 0 Å². The van der Waals surface area contributed by atoms with E-state index in [1.165, 1.54) is 16.4 Å². The molecule has 6 nitrogen and oxygen atoms in total. The smallest absolute Gasteiger partial charge is 0.243 e.